The van der Waals surface area contributed by atoms with Crippen LogP contribution in [0.2, 0.25) is 0 Å². The van der Waals surface area contributed by atoms with Gasteiger partial charge in [0.15, 0.2) is 15.7 Å². The molecule has 1 aliphatic carbocycles. The van der Waals surface area contributed by atoms with Gasteiger partial charge in [-0.05, 0) is 66.6 Å². The van der Waals surface area contributed by atoms with Crippen molar-refractivity contribution in [1.29, 1.82) is 0 Å². The second-order valence-corrected chi connectivity index (χ2v) is 10.1. The molecule has 0 bridgehead atoms. The molecular weight excluding hydrogens is 400 g/mol. The minimum Gasteiger partial charge on any atom is -0.343 e. The largest absolute Gasteiger partial charge is 0.343 e. The van der Waals surface area contributed by atoms with Crippen LogP contribution in [0.15, 0.2) is 47.8 Å². The van der Waals surface area contributed by atoms with Crippen molar-refractivity contribution in [3.8, 4) is 22.6 Å². The van der Waals surface area contributed by atoms with Gasteiger partial charge in [-0.3, -0.25) is 9.78 Å². The second kappa shape index (κ2) is 6.77. The predicted molar refractivity (Wildman–Crippen MR) is 112 cm³/mol. The summed E-state index contributed by atoms with van der Waals surface area (Å²) in [6.07, 6.45) is 8.46. The summed E-state index contributed by atoms with van der Waals surface area (Å²) in [6, 6.07) is 7.36. The Balaban J connectivity index is 1.62. The van der Waals surface area contributed by atoms with Gasteiger partial charge in [-0.15, -0.1) is 0 Å². The van der Waals surface area contributed by atoms with Crippen LogP contribution in [0, 0.1) is 5.92 Å². The minimum absolute atomic E-state index is 0.0989. The van der Waals surface area contributed by atoms with Crippen molar-refractivity contribution in [3.63, 3.8) is 0 Å². The Kier molecular flexibility index (Phi) is 4.28. The topological polar surface area (TPSA) is 96.0 Å². The van der Waals surface area contributed by atoms with E-state index in [0.717, 1.165) is 35.8 Å². The van der Waals surface area contributed by atoms with Gasteiger partial charge in [-0.2, -0.15) is 0 Å². The highest BCUT2D eigenvalue weighted by molar-refractivity contribution is 7.90. The Hall–Kier alpha value is -3.00. The van der Waals surface area contributed by atoms with E-state index in [1.54, 1.807) is 24.7 Å². The molecule has 2 aliphatic rings. The zero-order chi connectivity index (χ0) is 21.0. The van der Waals surface area contributed by atoms with Crippen LogP contribution in [-0.2, 0) is 16.4 Å². The highest BCUT2D eigenvalue weighted by Crippen LogP contribution is 2.40. The van der Waals surface area contributed by atoms with Crippen LogP contribution < -0.4 is 0 Å². The number of benzene rings is 1. The van der Waals surface area contributed by atoms with Gasteiger partial charge in [0, 0.05) is 37.4 Å². The van der Waals surface area contributed by atoms with Gasteiger partial charge in [-0.1, -0.05) is 0 Å². The SMILES string of the molecule is CC(C1CC1)N1Cc2cc(-c3ccnc(-c4ncc[nH]4)c3)cc(S(C)(=O)=O)c2C1=O. The van der Waals surface area contributed by atoms with Crippen LogP contribution in [0.3, 0.4) is 0 Å². The summed E-state index contributed by atoms with van der Waals surface area (Å²) in [5.41, 5.74) is 3.33. The molecule has 30 heavy (non-hydrogen) atoms. The molecule has 2 aromatic heterocycles. The Morgan fingerprint density at radius 1 is 1.13 bits per heavy atom. The van der Waals surface area contributed by atoms with E-state index in [9.17, 15) is 13.2 Å². The smallest absolute Gasteiger partial charge is 0.256 e. The van der Waals surface area contributed by atoms with E-state index < -0.39 is 9.84 Å². The average Bonchev–Trinajstić information content (AvgIpc) is 3.32. The van der Waals surface area contributed by atoms with Crippen LogP contribution in [0.5, 0.6) is 0 Å². The third-order valence-corrected chi connectivity index (χ3v) is 7.15. The summed E-state index contributed by atoms with van der Waals surface area (Å²) in [4.78, 5) is 26.7. The number of carbonyl (C=O) groups excluding carboxylic acids is 1. The lowest BCUT2D eigenvalue weighted by atomic mass is 10.0. The summed E-state index contributed by atoms with van der Waals surface area (Å²) in [5.74, 6) is 0.976. The molecule has 1 unspecified atom stereocenters. The Morgan fingerprint density at radius 2 is 1.93 bits per heavy atom. The average molecular weight is 423 g/mol. The number of nitrogens with zero attached hydrogens (tertiary/aromatic N) is 3. The molecule has 1 aliphatic heterocycles. The molecule has 0 spiro atoms. The number of imidazole rings is 1. The van der Waals surface area contributed by atoms with E-state index in [4.69, 9.17) is 0 Å². The summed E-state index contributed by atoms with van der Waals surface area (Å²) in [5, 5.41) is 0. The number of H-pyrrole nitrogens is 1. The maximum atomic E-state index is 13.1. The lowest BCUT2D eigenvalue weighted by Gasteiger charge is -2.24. The molecule has 1 fully saturated rings. The van der Waals surface area contributed by atoms with Crippen LogP contribution >= 0.6 is 0 Å². The van der Waals surface area contributed by atoms with E-state index in [1.165, 1.54) is 0 Å². The molecule has 1 aromatic carbocycles. The van der Waals surface area contributed by atoms with E-state index in [-0.39, 0.29) is 16.8 Å². The summed E-state index contributed by atoms with van der Waals surface area (Å²) in [6.45, 7) is 2.50. The molecular formula is C22H22N4O3S. The van der Waals surface area contributed by atoms with Gasteiger partial charge in [0.2, 0.25) is 0 Å². The highest BCUT2D eigenvalue weighted by atomic mass is 32.2. The minimum atomic E-state index is -3.58. The number of carbonyl (C=O) groups is 1. The number of rotatable bonds is 5. The molecule has 1 saturated carbocycles. The molecule has 1 amide bonds. The van der Waals surface area contributed by atoms with Crippen molar-refractivity contribution in [2.24, 2.45) is 5.92 Å². The predicted octanol–water partition coefficient (Wildman–Crippen LogP) is 3.30. The fraction of sp³-hybridized carbons (Fsp3) is 0.318. The lowest BCUT2D eigenvalue weighted by molar-refractivity contribution is 0.0694. The third-order valence-electron chi connectivity index (χ3n) is 6.03. The molecule has 0 saturated heterocycles. The fourth-order valence-electron chi connectivity index (χ4n) is 4.21. The number of hydrogen-bond donors (Lipinski definition) is 1. The Labute approximate surface area is 175 Å². The van der Waals surface area contributed by atoms with Gasteiger partial charge < -0.3 is 9.88 Å². The maximum Gasteiger partial charge on any atom is 0.256 e. The van der Waals surface area contributed by atoms with Gasteiger partial charge in [-0.25, -0.2) is 13.4 Å². The zero-order valence-electron chi connectivity index (χ0n) is 16.8. The van der Waals surface area contributed by atoms with E-state index in [2.05, 4.69) is 21.9 Å². The standard InChI is InChI=1S/C22H22N4O3S/c1-13(14-3-4-14)26-12-17-9-16(11-19(30(2,28)29)20(17)22(26)27)15-5-6-23-18(10-15)21-24-7-8-25-21/h5-11,13-14H,3-4,12H2,1-2H3,(H,24,25). The number of nitrogens with one attached hydrogen (secondary N) is 1. The Morgan fingerprint density at radius 3 is 2.60 bits per heavy atom. The first-order valence-corrected chi connectivity index (χ1v) is 11.9. The van der Waals surface area contributed by atoms with Crippen molar-refractivity contribution >= 4 is 15.7 Å². The highest BCUT2D eigenvalue weighted by Gasteiger charge is 2.40. The first-order valence-electron chi connectivity index (χ1n) is 9.97. The number of aromatic amines is 1. The normalized spacial score (nSPS) is 17.3. The van der Waals surface area contributed by atoms with Gasteiger partial charge in [0.1, 0.15) is 5.69 Å². The van der Waals surface area contributed by atoms with Crippen LogP contribution in [0.4, 0.5) is 0 Å². The molecule has 7 nitrogen and oxygen atoms in total. The molecule has 3 aromatic rings. The first-order chi connectivity index (χ1) is 14.3. The number of pyridine rings is 1. The molecule has 8 heteroatoms. The molecule has 3 heterocycles. The number of aromatic nitrogens is 3. The van der Waals surface area contributed by atoms with Gasteiger partial charge >= 0.3 is 0 Å². The summed E-state index contributed by atoms with van der Waals surface area (Å²) >= 11 is 0. The fourth-order valence-corrected chi connectivity index (χ4v) is 5.14. The van der Waals surface area contributed by atoms with E-state index >= 15 is 0 Å². The van der Waals surface area contributed by atoms with Crippen molar-refractivity contribution in [2.45, 2.75) is 37.2 Å². The first kappa shape index (κ1) is 19.0. The van der Waals surface area contributed by atoms with Crippen molar-refractivity contribution in [3.05, 3.63) is 54.0 Å². The summed E-state index contributed by atoms with van der Waals surface area (Å²) < 4.78 is 25.2. The number of hydrogen-bond acceptors (Lipinski definition) is 5. The Bertz CT molecular complexity index is 1250. The van der Waals surface area contributed by atoms with Gasteiger partial charge in [0.05, 0.1) is 10.5 Å². The lowest BCUT2D eigenvalue weighted by Crippen LogP contribution is -2.35. The molecule has 5 rings (SSSR count). The quantitative estimate of drug-likeness (QED) is 0.681. The monoisotopic (exact) mass is 422 g/mol. The molecule has 1 N–H and O–H groups in total. The van der Waals surface area contributed by atoms with Gasteiger partial charge in [0.25, 0.3) is 5.91 Å². The van der Waals surface area contributed by atoms with Crippen LogP contribution in [0.25, 0.3) is 22.6 Å². The van der Waals surface area contributed by atoms with Crippen molar-refractivity contribution in [2.75, 3.05) is 6.26 Å². The third kappa shape index (κ3) is 3.21. The summed E-state index contributed by atoms with van der Waals surface area (Å²) in [7, 11) is -3.58. The van der Waals surface area contributed by atoms with Crippen molar-refractivity contribution in [1.82, 2.24) is 19.9 Å². The maximum absolute atomic E-state index is 13.1. The zero-order valence-corrected chi connectivity index (χ0v) is 17.6. The van der Waals surface area contributed by atoms with Crippen LogP contribution in [-0.4, -0.2) is 46.5 Å². The van der Waals surface area contributed by atoms with E-state index in [0.29, 0.717) is 29.5 Å². The second-order valence-electron chi connectivity index (χ2n) is 8.16. The van der Waals surface area contributed by atoms with Crippen molar-refractivity contribution < 1.29 is 13.2 Å². The number of sulfone groups is 1. The molecule has 1 atom stereocenters. The number of amides is 1. The molecule has 154 valence electrons. The van der Waals surface area contributed by atoms with Crippen LogP contribution in [0.1, 0.15) is 35.7 Å². The van der Waals surface area contributed by atoms with E-state index in [1.807, 2.05) is 23.1 Å². The number of fused-ring (bicyclic) bond motifs is 1. The molecule has 0 radical (unpaired) electrons.